The van der Waals surface area contributed by atoms with Gasteiger partial charge >= 0.3 is 5.97 Å². The van der Waals surface area contributed by atoms with E-state index in [1.54, 1.807) is 6.20 Å². The number of amides is 1. The van der Waals surface area contributed by atoms with Gasteiger partial charge in [-0.1, -0.05) is 24.8 Å². The highest BCUT2D eigenvalue weighted by atomic mass is 32.1. The highest BCUT2D eigenvalue weighted by Crippen LogP contribution is 2.39. The molecule has 0 radical (unpaired) electrons. The molecular weight excluding hydrogens is 576 g/mol. The van der Waals surface area contributed by atoms with Gasteiger partial charge in [0, 0.05) is 36.2 Å². The van der Waals surface area contributed by atoms with Crippen LogP contribution in [0.25, 0.3) is 0 Å². The molecule has 1 N–H and O–H groups in total. The summed E-state index contributed by atoms with van der Waals surface area (Å²) in [5.74, 6) is 6.67. The fraction of sp³-hybridized carbons (Fsp3) is 0.629. The number of carboxylic acids is 1. The van der Waals surface area contributed by atoms with Gasteiger partial charge in [0.2, 0.25) is 11.8 Å². The molecule has 1 unspecified atom stereocenters. The number of aromatic nitrogens is 1. The second-order valence-corrected chi connectivity index (χ2v) is 14.3. The third kappa shape index (κ3) is 8.62. The number of carbonyl (C=O) groups is 2. The minimum atomic E-state index is -1.03. The Morgan fingerprint density at radius 2 is 1.86 bits per heavy atom. The van der Waals surface area contributed by atoms with Gasteiger partial charge in [0.25, 0.3) is 0 Å². The van der Waals surface area contributed by atoms with Crippen LogP contribution in [0.3, 0.4) is 0 Å². The molecule has 5 rings (SSSR count). The van der Waals surface area contributed by atoms with Crippen molar-refractivity contribution in [1.82, 2.24) is 4.98 Å². The summed E-state index contributed by atoms with van der Waals surface area (Å²) in [7, 11) is 0. The number of hydrogen-bond acceptors (Lipinski definition) is 7. The first kappa shape index (κ1) is 32.5. The van der Waals surface area contributed by atoms with E-state index in [2.05, 4.69) is 23.7 Å². The SMILES string of the molecule is CC(C)(C#Cc1cc(N(C(=O)[C@H]2CC[C@H](C)CC2)[C@H]2CC[C@H](Oc3ccccn3)CC2)c(C(=O)O)s1)COC1CCCCO1. The van der Waals surface area contributed by atoms with Crippen LogP contribution in [0, 0.1) is 29.1 Å². The molecule has 0 aromatic carbocycles. The molecule has 1 saturated heterocycles. The van der Waals surface area contributed by atoms with Crippen molar-refractivity contribution in [2.24, 2.45) is 17.3 Å². The van der Waals surface area contributed by atoms with Gasteiger partial charge in [0.15, 0.2) is 6.29 Å². The fourth-order valence-electron chi connectivity index (χ4n) is 6.39. The maximum Gasteiger partial charge on any atom is 0.348 e. The van der Waals surface area contributed by atoms with E-state index in [1.807, 2.05) is 43.0 Å². The summed E-state index contributed by atoms with van der Waals surface area (Å²) < 4.78 is 17.8. The number of carboxylic acid groups (broad SMARTS) is 1. The third-order valence-corrected chi connectivity index (χ3v) is 10.0. The zero-order chi connectivity index (χ0) is 31.1. The van der Waals surface area contributed by atoms with Gasteiger partial charge in [-0.05, 0) is 103 Å². The first-order valence-corrected chi connectivity index (χ1v) is 17.0. The molecule has 1 aliphatic heterocycles. The smallest absolute Gasteiger partial charge is 0.348 e. The van der Waals surface area contributed by atoms with Gasteiger partial charge in [-0.2, -0.15) is 0 Å². The first-order chi connectivity index (χ1) is 21.2. The largest absolute Gasteiger partial charge is 0.477 e. The average Bonchev–Trinajstić information content (AvgIpc) is 3.46. The van der Waals surface area contributed by atoms with Crippen LogP contribution >= 0.6 is 11.3 Å². The number of pyridine rings is 1. The molecule has 0 bridgehead atoms. The Morgan fingerprint density at radius 1 is 1.09 bits per heavy atom. The summed E-state index contributed by atoms with van der Waals surface area (Å²) in [5, 5.41) is 10.3. The van der Waals surface area contributed by atoms with Gasteiger partial charge in [-0.25, -0.2) is 9.78 Å². The molecule has 238 valence electrons. The van der Waals surface area contributed by atoms with E-state index in [0.717, 1.165) is 88.6 Å². The normalized spacial score (nSPS) is 25.8. The minimum absolute atomic E-state index is 0.0138. The van der Waals surface area contributed by atoms with Crippen molar-refractivity contribution < 1.29 is 28.9 Å². The van der Waals surface area contributed by atoms with Gasteiger partial charge in [0.1, 0.15) is 11.0 Å². The zero-order valence-electron chi connectivity index (χ0n) is 26.3. The molecule has 0 spiro atoms. The molecular formula is C35H46N2O6S. The second kappa shape index (κ2) is 14.9. The zero-order valence-corrected chi connectivity index (χ0v) is 27.1. The van der Waals surface area contributed by atoms with E-state index in [1.165, 1.54) is 0 Å². The summed E-state index contributed by atoms with van der Waals surface area (Å²) in [6.07, 6.45) is 11.3. The van der Waals surface area contributed by atoms with Crippen molar-refractivity contribution in [2.45, 2.75) is 110 Å². The molecule has 8 nitrogen and oxygen atoms in total. The molecule has 3 aliphatic rings. The number of nitrogens with zero attached hydrogens (tertiary/aromatic N) is 2. The molecule has 9 heteroatoms. The van der Waals surface area contributed by atoms with E-state index >= 15 is 0 Å². The maximum atomic E-state index is 14.2. The third-order valence-electron chi connectivity index (χ3n) is 8.99. The van der Waals surface area contributed by atoms with E-state index in [0.29, 0.717) is 29.0 Å². The molecule has 44 heavy (non-hydrogen) atoms. The lowest BCUT2D eigenvalue weighted by molar-refractivity contribution is -0.171. The molecule has 2 aromatic rings. The predicted molar refractivity (Wildman–Crippen MR) is 171 cm³/mol. The van der Waals surface area contributed by atoms with Crippen molar-refractivity contribution in [3.63, 3.8) is 0 Å². The molecule has 2 aromatic heterocycles. The summed E-state index contributed by atoms with van der Waals surface area (Å²) in [5.41, 5.74) is 0.0310. The Morgan fingerprint density at radius 3 is 2.52 bits per heavy atom. The second-order valence-electron chi connectivity index (χ2n) is 13.3. The van der Waals surface area contributed by atoms with Crippen molar-refractivity contribution in [3.8, 4) is 17.7 Å². The number of hydrogen-bond donors (Lipinski definition) is 1. The van der Waals surface area contributed by atoms with E-state index in [-0.39, 0.29) is 35.1 Å². The van der Waals surface area contributed by atoms with Gasteiger partial charge < -0.3 is 24.2 Å². The molecule has 2 saturated carbocycles. The monoisotopic (exact) mass is 622 g/mol. The van der Waals surface area contributed by atoms with Crippen LogP contribution in [0.15, 0.2) is 30.5 Å². The molecule has 3 fully saturated rings. The Hall–Kier alpha value is -2.93. The summed E-state index contributed by atoms with van der Waals surface area (Å²) in [6.45, 7) is 7.41. The lowest BCUT2D eigenvalue weighted by atomic mass is 9.81. The fourth-order valence-corrected chi connectivity index (χ4v) is 7.24. The molecule has 3 heterocycles. The predicted octanol–water partition coefficient (Wildman–Crippen LogP) is 7.31. The number of carbonyl (C=O) groups excluding carboxylic acids is 1. The number of ether oxygens (including phenoxy) is 3. The van der Waals surface area contributed by atoms with Crippen LogP contribution in [0.5, 0.6) is 5.88 Å². The standard InChI is InChI=1S/C35H46N2O6S/c1-24-10-12-25(13-11-24)33(38)37(26-14-16-27(17-15-26)43-30-8-4-6-20-36-30)29-22-28(44-32(29)34(39)40)18-19-35(2,3)23-42-31-9-5-7-21-41-31/h4,6,8,20,22,24-27,31H,5,7,9-17,21,23H2,1-3H3,(H,39,40)/t24-,25-,26-,27-,31?. The van der Waals surface area contributed by atoms with Crippen molar-refractivity contribution in [1.29, 1.82) is 0 Å². The molecule has 1 amide bonds. The molecule has 1 atom stereocenters. The van der Waals surface area contributed by atoms with Crippen LogP contribution in [0.1, 0.15) is 106 Å². The Kier molecular flexibility index (Phi) is 11.0. The van der Waals surface area contributed by atoms with E-state index < -0.39 is 11.4 Å². The summed E-state index contributed by atoms with van der Waals surface area (Å²) in [6, 6.07) is 7.35. The lowest BCUT2D eigenvalue weighted by Crippen LogP contribution is -2.47. The Labute approximate surface area is 265 Å². The number of rotatable bonds is 9. The van der Waals surface area contributed by atoms with Crippen LogP contribution < -0.4 is 9.64 Å². The van der Waals surface area contributed by atoms with Crippen molar-refractivity contribution in [2.75, 3.05) is 18.1 Å². The van der Waals surface area contributed by atoms with Gasteiger partial charge in [-0.3, -0.25) is 4.79 Å². The van der Waals surface area contributed by atoms with Gasteiger partial charge in [-0.15, -0.1) is 11.3 Å². The topological polar surface area (TPSA) is 98.2 Å². The molecule has 2 aliphatic carbocycles. The quantitative estimate of drug-likeness (QED) is 0.293. The Bertz CT molecular complexity index is 1310. The number of thiophene rings is 1. The van der Waals surface area contributed by atoms with E-state index in [9.17, 15) is 14.7 Å². The van der Waals surface area contributed by atoms with Crippen LogP contribution in [-0.4, -0.2) is 53.6 Å². The average molecular weight is 623 g/mol. The first-order valence-electron chi connectivity index (χ1n) is 16.2. The minimum Gasteiger partial charge on any atom is -0.477 e. The highest BCUT2D eigenvalue weighted by molar-refractivity contribution is 7.15. The lowest BCUT2D eigenvalue weighted by Gasteiger charge is -2.39. The van der Waals surface area contributed by atoms with Crippen molar-refractivity contribution in [3.05, 3.63) is 40.2 Å². The van der Waals surface area contributed by atoms with Crippen LogP contribution in [-0.2, 0) is 14.3 Å². The highest BCUT2D eigenvalue weighted by Gasteiger charge is 2.38. The van der Waals surface area contributed by atoms with Crippen LogP contribution in [0.4, 0.5) is 5.69 Å². The summed E-state index contributed by atoms with van der Waals surface area (Å²) >= 11 is 1.15. The van der Waals surface area contributed by atoms with Gasteiger partial charge in [0.05, 0.1) is 17.2 Å². The number of anilines is 1. The Balaban J connectivity index is 1.36. The maximum absolute atomic E-state index is 14.2. The van der Waals surface area contributed by atoms with Crippen molar-refractivity contribution >= 4 is 28.9 Å². The van der Waals surface area contributed by atoms with Crippen LogP contribution in [0.2, 0.25) is 0 Å². The van der Waals surface area contributed by atoms with E-state index in [4.69, 9.17) is 14.2 Å². The number of aromatic carboxylic acids is 1. The summed E-state index contributed by atoms with van der Waals surface area (Å²) in [4.78, 5) is 33.7.